The minimum absolute atomic E-state index is 0.0463. The molecule has 80 valence electrons. The minimum atomic E-state index is -1.62. The fourth-order valence-electron chi connectivity index (χ4n) is 1.07. The van der Waals surface area contributed by atoms with Crippen LogP contribution in [-0.2, 0) is 4.79 Å². The van der Waals surface area contributed by atoms with Crippen LogP contribution in [0.1, 0.15) is 12.5 Å². The zero-order chi connectivity index (χ0) is 11.6. The first-order valence-electron chi connectivity index (χ1n) is 3.99. The molecule has 1 N–H and O–H groups in total. The first-order chi connectivity index (χ1) is 6.95. The topological polar surface area (TPSA) is 37.3 Å². The maximum absolute atomic E-state index is 13.1. The lowest BCUT2D eigenvalue weighted by atomic mass is 10.1. The Kier molecular flexibility index (Phi) is 3.72. The first kappa shape index (κ1) is 12.0. The highest BCUT2D eigenvalue weighted by molar-refractivity contribution is 6.43. The van der Waals surface area contributed by atoms with E-state index in [2.05, 4.69) is 0 Å². The number of aliphatic carboxylic acids is 1. The van der Waals surface area contributed by atoms with Gasteiger partial charge in [0.2, 0.25) is 5.83 Å². The number of carboxylic acid groups (broad SMARTS) is 1. The van der Waals surface area contributed by atoms with Crippen molar-refractivity contribution in [2.45, 2.75) is 6.92 Å². The van der Waals surface area contributed by atoms with Gasteiger partial charge < -0.3 is 5.11 Å². The van der Waals surface area contributed by atoms with Crippen molar-refractivity contribution in [1.29, 1.82) is 0 Å². The third-order valence-corrected chi connectivity index (χ3v) is 2.69. The maximum atomic E-state index is 13.1. The minimum Gasteiger partial charge on any atom is -0.476 e. The Hall–Kier alpha value is -1.06. The van der Waals surface area contributed by atoms with E-state index in [0.717, 1.165) is 0 Å². The zero-order valence-corrected chi connectivity index (χ0v) is 9.23. The summed E-state index contributed by atoms with van der Waals surface area (Å²) < 4.78 is 13.1. The molecule has 0 fully saturated rings. The molecule has 0 saturated heterocycles. The third kappa shape index (κ3) is 2.49. The molecule has 0 amide bonds. The van der Waals surface area contributed by atoms with Crippen LogP contribution >= 0.6 is 23.2 Å². The molecule has 0 saturated carbocycles. The van der Waals surface area contributed by atoms with Gasteiger partial charge in [0, 0.05) is 11.1 Å². The maximum Gasteiger partial charge on any atom is 0.365 e. The van der Waals surface area contributed by atoms with Gasteiger partial charge in [-0.05, 0) is 13.0 Å². The number of hydrogen-bond donors (Lipinski definition) is 1. The summed E-state index contributed by atoms with van der Waals surface area (Å²) in [6, 6.07) is 4.62. The zero-order valence-electron chi connectivity index (χ0n) is 7.72. The van der Waals surface area contributed by atoms with Gasteiger partial charge in [-0.15, -0.1) is 0 Å². The molecule has 0 aromatic heterocycles. The molecule has 1 aromatic rings. The van der Waals surface area contributed by atoms with Gasteiger partial charge in [-0.1, -0.05) is 35.3 Å². The summed E-state index contributed by atoms with van der Waals surface area (Å²) >= 11 is 11.5. The van der Waals surface area contributed by atoms with Crippen LogP contribution in [0.15, 0.2) is 24.0 Å². The molecule has 5 heteroatoms. The molecule has 0 aliphatic heterocycles. The molecule has 0 atom stereocenters. The monoisotopic (exact) mass is 248 g/mol. The van der Waals surface area contributed by atoms with Gasteiger partial charge in [0.25, 0.3) is 0 Å². The highest BCUT2D eigenvalue weighted by Crippen LogP contribution is 2.31. The Bertz CT molecular complexity index is 441. The van der Waals surface area contributed by atoms with E-state index < -0.39 is 11.8 Å². The molecular weight excluding hydrogens is 242 g/mol. The van der Waals surface area contributed by atoms with Gasteiger partial charge in [0.05, 0.1) is 10.0 Å². The molecule has 0 spiro atoms. The summed E-state index contributed by atoms with van der Waals surface area (Å²) in [7, 11) is 0. The molecular formula is C10H7Cl2FO2. The summed E-state index contributed by atoms with van der Waals surface area (Å²) in [5, 5.41) is 8.87. The van der Waals surface area contributed by atoms with Crippen LogP contribution in [0.2, 0.25) is 10.0 Å². The van der Waals surface area contributed by atoms with Crippen LogP contribution in [0, 0.1) is 0 Å². The molecule has 1 rings (SSSR count). The fraction of sp³-hybridized carbons (Fsp3) is 0.100. The summed E-state index contributed by atoms with van der Waals surface area (Å²) in [4.78, 5) is 10.4. The number of benzene rings is 1. The van der Waals surface area contributed by atoms with Crippen LogP contribution in [-0.4, -0.2) is 11.1 Å². The summed E-state index contributed by atoms with van der Waals surface area (Å²) in [6.07, 6.45) is 0. The second kappa shape index (κ2) is 4.64. The highest BCUT2D eigenvalue weighted by Gasteiger charge is 2.15. The molecule has 0 bridgehead atoms. The van der Waals surface area contributed by atoms with E-state index in [9.17, 15) is 9.18 Å². The van der Waals surface area contributed by atoms with Crippen LogP contribution in [0.4, 0.5) is 4.39 Å². The Labute approximate surface area is 95.9 Å². The van der Waals surface area contributed by atoms with Gasteiger partial charge in [-0.3, -0.25) is 0 Å². The highest BCUT2D eigenvalue weighted by atomic mass is 35.5. The Morgan fingerprint density at radius 1 is 1.40 bits per heavy atom. The third-order valence-electron chi connectivity index (χ3n) is 1.87. The van der Waals surface area contributed by atoms with Crippen molar-refractivity contribution in [2.75, 3.05) is 0 Å². The standard InChI is InChI=1S/C10H7Cl2FO2/c1-5(9(13)10(14)15)6-3-2-4-7(11)8(6)12/h2-4H,1H3,(H,14,15)/b9-5-. The van der Waals surface area contributed by atoms with E-state index in [-0.39, 0.29) is 21.2 Å². The second-order valence-corrected chi connectivity index (χ2v) is 3.63. The molecule has 0 aliphatic rings. The van der Waals surface area contributed by atoms with Gasteiger partial charge in [-0.2, -0.15) is 4.39 Å². The number of carboxylic acids is 1. The first-order valence-corrected chi connectivity index (χ1v) is 4.74. The predicted molar refractivity (Wildman–Crippen MR) is 57.8 cm³/mol. The lowest BCUT2D eigenvalue weighted by Gasteiger charge is -2.05. The van der Waals surface area contributed by atoms with Crippen molar-refractivity contribution in [1.82, 2.24) is 0 Å². The van der Waals surface area contributed by atoms with Crippen molar-refractivity contribution < 1.29 is 14.3 Å². The van der Waals surface area contributed by atoms with Crippen LogP contribution in [0.3, 0.4) is 0 Å². The molecule has 0 unspecified atom stereocenters. The molecule has 15 heavy (non-hydrogen) atoms. The quantitative estimate of drug-likeness (QED) is 0.810. The van der Waals surface area contributed by atoms with Crippen molar-refractivity contribution in [3.63, 3.8) is 0 Å². The predicted octanol–water partition coefficient (Wildman–Crippen LogP) is 3.78. The Morgan fingerprint density at radius 2 is 2.00 bits per heavy atom. The van der Waals surface area contributed by atoms with Crippen LogP contribution < -0.4 is 0 Å². The fourth-order valence-corrected chi connectivity index (χ4v) is 1.51. The van der Waals surface area contributed by atoms with E-state index in [0.29, 0.717) is 0 Å². The van der Waals surface area contributed by atoms with E-state index in [1.165, 1.54) is 13.0 Å². The SMILES string of the molecule is C/C(=C(/F)C(=O)O)c1cccc(Cl)c1Cl. The van der Waals surface area contributed by atoms with Gasteiger partial charge in [-0.25, -0.2) is 4.79 Å². The van der Waals surface area contributed by atoms with Crippen molar-refractivity contribution in [3.8, 4) is 0 Å². The number of carbonyl (C=O) groups is 1. The molecule has 0 radical (unpaired) electrons. The summed E-state index contributed by atoms with van der Waals surface area (Å²) in [5.41, 5.74) is 0.235. The van der Waals surface area contributed by atoms with Gasteiger partial charge >= 0.3 is 5.97 Å². The van der Waals surface area contributed by atoms with Crippen LogP contribution in [0.5, 0.6) is 0 Å². The average molecular weight is 249 g/mol. The van der Waals surface area contributed by atoms with Crippen molar-refractivity contribution in [2.24, 2.45) is 0 Å². The largest absolute Gasteiger partial charge is 0.476 e. The van der Waals surface area contributed by atoms with E-state index in [1.807, 2.05) is 0 Å². The average Bonchev–Trinajstić information content (AvgIpc) is 2.20. The summed E-state index contributed by atoms with van der Waals surface area (Å²) in [6.45, 7) is 1.33. The number of allylic oxidation sites excluding steroid dienone is 1. The lowest BCUT2D eigenvalue weighted by molar-refractivity contribution is -0.134. The van der Waals surface area contributed by atoms with Gasteiger partial charge in [0.15, 0.2) is 0 Å². The van der Waals surface area contributed by atoms with Crippen molar-refractivity contribution in [3.05, 3.63) is 39.6 Å². The molecule has 0 heterocycles. The van der Waals surface area contributed by atoms with Crippen molar-refractivity contribution >= 4 is 34.7 Å². The normalized spacial score (nSPS) is 12.3. The molecule has 0 aliphatic carbocycles. The Balaban J connectivity index is 3.35. The van der Waals surface area contributed by atoms with Crippen LogP contribution in [0.25, 0.3) is 5.57 Å². The molecule has 2 nitrogen and oxygen atoms in total. The number of halogens is 3. The van der Waals surface area contributed by atoms with E-state index in [4.69, 9.17) is 28.3 Å². The molecule has 1 aromatic carbocycles. The van der Waals surface area contributed by atoms with E-state index in [1.54, 1.807) is 12.1 Å². The number of hydrogen-bond acceptors (Lipinski definition) is 1. The second-order valence-electron chi connectivity index (χ2n) is 2.85. The number of rotatable bonds is 2. The smallest absolute Gasteiger partial charge is 0.365 e. The lowest BCUT2D eigenvalue weighted by Crippen LogP contribution is -1.98. The Morgan fingerprint density at radius 3 is 2.53 bits per heavy atom. The van der Waals surface area contributed by atoms with Gasteiger partial charge in [0.1, 0.15) is 0 Å². The van der Waals surface area contributed by atoms with E-state index >= 15 is 0 Å². The summed E-state index contributed by atoms with van der Waals surface area (Å²) in [5.74, 6) is -2.86.